The lowest BCUT2D eigenvalue weighted by Gasteiger charge is -2.23. The van der Waals surface area contributed by atoms with Crippen molar-refractivity contribution in [2.45, 2.75) is 59.3 Å². The Labute approximate surface area is 127 Å². The highest BCUT2D eigenvalue weighted by Crippen LogP contribution is 2.35. The molecule has 0 unspecified atom stereocenters. The molecule has 0 heterocycles. The summed E-state index contributed by atoms with van der Waals surface area (Å²) in [5.41, 5.74) is 2.42. The zero-order valence-electron chi connectivity index (χ0n) is 13.4. The summed E-state index contributed by atoms with van der Waals surface area (Å²) in [4.78, 5) is 11.8. The molecule has 0 saturated carbocycles. The molecule has 116 valence electrons. The summed E-state index contributed by atoms with van der Waals surface area (Å²) >= 11 is 0. The van der Waals surface area contributed by atoms with E-state index in [1.807, 2.05) is 0 Å². The van der Waals surface area contributed by atoms with Crippen molar-refractivity contribution in [2.24, 2.45) is 5.41 Å². The Hall–Kier alpha value is -1.51. The van der Waals surface area contributed by atoms with E-state index in [-0.39, 0.29) is 5.41 Å². The van der Waals surface area contributed by atoms with Crippen LogP contribution in [0.15, 0.2) is 34.6 Å². The maximum atomic E-state index is 11.8. The minimum atomic E-state index is -0.861. The highest BCUT2D eigenvalue weighted by atomic mass is 16.5. The standard InChI is InChI=1S/C18H26O3/c1-18(2,3)12-21-16(14-10-6-7-11-14)15(17(19)20)13-8-4-5-9-13/h8,10H,4-7,9,11-12H2,1-3H3,(H,19,20). The Morgan fingerprint density at radius 3 is 2.14 bits per heavy atom. The van der Waals surface area contributed by atoms with Gasteiger partial charge in [-0.3, -0.25) is 0 Å². The fraction of sp³-hybridized carbons (Fsp3) is 0.611. The maximum absolute atomic E-state index is 11.8. The van der Waals surface area contributed by atoms with Crippen LogP contribution in [-0.2, 0) is 9.53 Å². The van der Waals surface area contributed by atoms with Gasteiger partial charge in [0.25, 0.3) is 0 Å². The first-order valence-electron chi connectivity index (χ1n) is 7.88. The van der Waals surface area contributed by atoms with Gasteiger partial charge in [-0.15, -0.1) is 0 Å². The third-order valence-corrected chi connectivity index (χ3v) is 3.79. The number of hydrogen-bond acceptors (Lipinski definition) is 2. The Morgan fingerprint density at radius 2 is 1.71 bits per heavy atom. The van der Waals surface area contributed by atoms with Crippen molar-refractivity contribution in [3.8, 4) is 0 Å². The van der Waals surface area contributed by atoms with Crippen LogP contribution >= 0.6 is 0 Å². The van der Waals surface area contributed by atoms with Gasteiger partial charge in [0.05, 0.1) is 6.61 Å². The highest BCUT2D eigenvalue weighted by molar-refractivity contribution is 5.93. The molecule has 0 aliphatic heterocycles. The lowest BCUT2D eigenvalue weighted by molar-refractivity contribution is -0.132. The van der Waals surface area contributed by atoms with Crippen molar-refractivity contribution in [1.82, 2.24) is 0 Å². The van der Waals surface area contributed by atoms with E-state index in [4.69, 9.17) is 4.74 Å². The van der Waals surface area contributed by atoms with E-state index >= 15 is 0 Å². The predicted molar refractivity (Wildman–Crippen MR) is 83.9 cm³/mol. The van der Waals surface area contributed by atoms with E-state index in [0.29, 0.717) is 17.9 Å². The minimum absolute atomic E-state index is 0.0120. The zero-order chi connectivity index (χ0) is 15.5. The first-order valence-corrected chi connectivity index (χ1v) is 7.88. The molecule has 0 aromatic rings. The van der Waals surface area contributed by atoms with Crippen LogP contribution in [0.3, 0.4) is 0 Å². The van der Waals surface area contributed by atoms with Crippen molar-refractivity contribution >= 4 is 5.97 Å². The topological polar surface area (TPSA) is 46.5 Å². The van der Waals surface area contributed by atoms with E-state index in [1.54, 1.807) is 0 Å². The summed E-state index contributed by atoms with van der Waals surface area (Å²) in [5.74, 6) is -0.247. The molecule has 2 rings (SSSR count). The van der Waals surface area contributed by atoms with Crippen LogP contribution in [0.4, 0.5) is 0 Å². The molecule has 1 N–H and O–H groups in total. The molecule has 0 atom stereocenters. The van der Waals surface area contributed by atoms with E-state index < -0.39 is 5.97 Å². The van der Waals surface area contributed by atoms with Crippen molar-refractivity contribution in [3.05, 3.63) is 34.6 Å². The molecule has 0 aromatic carbocycles. The number of rotatable bonds is 5. The summed E-state index contributed by atoms with van der Waals surface area (Å²) in [5, 5.41) is 9.69. The first-order chi connectivity index (χ1) is 9.88. The monoisotopic (exact) mass is 290 g/mol. The Morgan fingerprint density at radius 1 is 1.14 bits per heavy atom. The zero-order valence-corrected chi connectivity index (χ0v) is 13.4. The highest BCUT2D eigenvalue weighted by Gasteiger charge is 2.26. The molecule has 3 heteroatoms. The summed E-state index contributed by atoms with van der Waals surface area (Å²) in [7, 11) is 0. The van der Waals surface area contributed by atoms with Crippen LogP contribution < -0.4 is 0 Å². The lowest BCUT2D eigenvalue weighted by Crippen LogP contribution is -2.18. The van der Waals surface area contributed by atoms with Crippen LogP contribution in [0.2, 0.25) is 0 Å². The van der Waals surface area contributed by atoms with E-state index in [0.717, 1.165) is 49.7 Å². The summed E-state index contributed by atoms with van der Waals surface area (Å²) < 4.78 is 6.02. The largest absolute Gasteiger partial charge is 0.492 e. The molecule has 21 heavy (non-hydrogen) atoms. The number of carboxylic acid groups (broad SMARTS) is 1. The minimum Gasteiger partial charge on any atom is -0.492 e. The first kappa shape index (κ1) is 15.9. The normalized spacial score (nSPS) is 20.0. The van der Waals surface area contributed by atoms with Gasteiger partial charge in [0.15, 0.2) is 0 Å². The van der Waals surface area contributed by atoms with Gasteiger partial charge in [-0.05, 0) is 55.1 Å². The van der Waals surface area contributed by atoms with Crippen molar-refractivity contribution in [2.75, 3.05) is 6.61 Å². The molecular formula is C18H26O3. The van der Waals surface area contributed by atoms with E-state index in [2.05, 4.69) is 32.9 Å². The molecule has 0 radical (unpaired) electrons. The molecule has 0 aromatic heterocycles. The van der Waals surface area contributed by atoms with E-state index in [9.17, 15) is 9.90 Å². The van der Waals surface area contributed by atoms with Crippen molar-refractivity contribution in [1.29, 1.82) is 0 Å². The van der Waals surface area contributed by atoms with Crippen LogP contribution in [0.25, 0.3) is 0 Å². The third-order valence-electron chi connectivity index (χ3n) is 3.79. The molecule has 2 aliphatic carbocycles. The predicted octanol–water partition coefficient (Wildman–Crippen LogP) is 4.61. The average molecular weight is 290 g/mol. The van der Waals surface area contributed by atoms with E-state index in [1.165, 1.54) is 0 Å². The van der Waals surface area contributed by atoms with Gasteiger partial charge in [-0.1, -0.05) is 32.9 Å². The number of allylic oxidation sites excluding steroid dienone is 3. The molecule has 0 spiro atoms. The molecule has 2 aliphatic rings. The Bertz CT molecular complexity index is 501. The van der Waals surface area contributed by atoms with Crippen molar-refractivity contribution in [3.63, 3.8) is 0 Å². The number of carboxylic acids is 1. The number of aliphatic carboxylic acids is 1. The smallest absolute Gasteiger partial charge is 0.339 e. The third kappa shape index (κ3) is 4.23. The molecule has 0 fully saturated rings. The summed E-state index contributed by atoms with van der Waals surface area (Å²) in [6.45, 7) is 6.83. The second-order valence-corrected chi connectivity index (χ2v) is 7.10. The van der Waals surface area contributed by atoms with Gasteiger partial charge in [0, 0.05) is 0 Å². The lowest BCUT2D eigenvalue weighted by atomic mass is 9.97. The van der Waals surface area contributed by atoms with Gasteiger partial charge < -0.3 is 9.84 Å². The molecular weight excluding hydrogens is 264 g/mol. The number of carbonyl (C=O) groups is 1. The second-order valence-electron chi connectivity index (χ2n) is 7.10. The van der Waals surface area contributed by atoms with Gasteiger partial charge in [-0.2, -0.15) is 0 Å². The summed E-state index contributed by atoms with van der Waals surface area (Å²) in [6.07, 6.45) is 10.1. The number of ether oxygens (including phenoxy) is 1. The van der Waals surface area contributed by atoms with Gasteiger partial charge >= 0.3 is 5.97 Å². The number of hydrogen-bond donors (Lipinski definition) is 1. The second kappa shape index (κ2) is 6.50. The van der Waals surface area contributed by atoms with Crippen molar-refractivity contribution < 1.29 is 14.6 Å². The SMILES string of the molecule is CC(C)(C)COC(C1=CCCC1)=C(C(=O)O)C1=CCCC1. The Balaban J connectivity index is 2.38. The van der Waals surface area contributed by atoms with Crippen LogP contribution in [0.1, 0.15) is 59.3 Å². The van der Waals surface area contributed by atoms with Crippen LogP contribution in [-0.4, -0.2) is 17.7 Å². The average Bonchev–Trinajstić information content (AvgIpc) is 3.05. The Kier molecular flexibility index (Phi) is 4.92. The van der Waals surface area contributed by atoms with Crippen LogP contribution in [0, 0.1) is 5.41 Å². The van der Waals surface area contributed by atoms with Gasteiger partial charge in [0.2, 0.25) is 0 Å². The van der Waals surface area contributed by atoms with Gasteiger partial charge in [0.1, 0.15) is 11.3 Å². The fourth-order valence-electron chi connectivity index (χ4n) is 2.77. The maximum Gasteiger partial charge on any atom is 0.339 e. The van der Waals surface area contributed by atoms with Gasteiger partial charge in [-0.25, -0.2) is 4.79 Å². The molecule has 0 bridgehead atoms. The fourth-order valence-corrected chi connectivity index (χ4v) is 2.77. The quantitative estimate of drug-likeness (QED) is 0.594. The summed E-state index contributed by atoms with van der Waals surface area (Å²) in [6, 6.07) is 0. The van der Waals surface area contributed by atoms with Crippen LogP contribution in [0.5, 0.6) is 0 Å². The molecule has 0 saturated heterocycles. The molecule has 3 nitrogen and oxygen atoms in total. The molecule has 0 amide bonds.